The molecule has 0 aliphatic carbocycles. The van der Waals surface area contributed by atoms with Crippen molar-refractivity contribution in [1.82, 2.24) is 5.32 Å². The first-order valence-electron chi connectivity index (χ1n) is 9.53. The third-order valence-electron chi connectivity index (χ3n) is 4.42. The van der Waals surface area contributed by atoms with Gasteiger partial charge in [0.2, 0.25) is 0 Å². The summed E-state index contributed by atoms with van der Waals surface area (Å²) in [6.07, 6.45) is 0. The highest BCUT2D eigenvalue weighted by atomic mass is 35.5. The number of hydrogen-bond donors (Lipinski definition) is 1. The topological polar surface area (TPSA) is 30.5 Å². The van der Waals surface area contributed by atoms with E-state index in [4.69, 9.17) is 33.3 Å². The molecule has 29 heavy (non-hydrogen) atoms. The monoisotopic (exact) mass is 425 g/mol. The molecule has 0 bridgehead atoms. The molecule has 0 saturated carbocycles. The van der Waals surface area contributed by atoms with Crippen molar-refractivity contribution in [1.29, 1.82) is 0 Å². The van der Waals surface area contributed by atoms with E-state index in [0.29, 0.717) is 41.3 Å². The molecule has 0 saturated heterocycles. The summed E-state index contributed by atoms with van der Waals surface area (Å²) < 4.78 is 11.7. The highest BCUT2D eigenvalue weighted by Crippen LogP contribution is 2.30. The number of thiocarbonyl (C=S) groups is 1. The summed E-state index contributed by atoms with van der Waals surface area (Å²) in [7, 11) is 0. The van der Waals surface area contributed by atoms with E-state index in [9.17, 15) is 0 Å². The van der Waals surface area contributed by atoms with Crippen LogP contribution in [0.25, 0.3) is 0 Å². The molecular formula is C24H24ClNO2S. The van der Waals surface area contributed by atoms with Crippen LogP contribution in [0, 0.1) is 6.92 Å². The minimum Gasteiger partial charge on any atom is -0.490 e. The Bertz CT molecular complexity index is 973. The molecule has 0 spiro atoms. The number of nitrogens with one attached hydrogen (secondary N) is 1. The smallest absolute Gasteiger partial charge is 0.161 e. The van der Waals surface area contributed by atoms with Crippen molar-refractivity contribution in [2.45, 2.75) is 27.0 Å². The highest BCUT2D eigenvalue weighted by molar-refractivity contribution is 7.80. The van der Waals surface area contributed by atoms with Crippen molar-refractivity contribution in [3.63, 3.8) is 0 Å². The zero-order chi connectivity index (χ0) is 20.6. The lowest BCUT2D eigenvalue weighted by Gasteiger charge is -2.15. The fourth-order valence-corrected chi connectivity index (χ4v) is 3.19. The number of halogens is 1. The minimum atomic E-state index is 0.370. The van der Waals surface area contributed by atoms with Crippen molar-refractivity contribution >= 4 is 28.8 Å². The van der Waals surface area contributed by atoms with Gasteiger partial charge in [-0.05, 0) is 43.7 Å². The molecule has 0 aliphatic heterocycles. The van der Waals surface area contributed by atoms with Gasteiger partial charge in [-0.1, -0.05) is 71.8 Å². The van der Waals surface area contributed by atoms with Gasteiger partial charge in [-0.25, -0.2) is 0 Å². The molecule has 5 heteroatoms. The summed E-state index contributed by atoms with van der Waals surface area (Å²) in [6, 6.07) is 21.8. The molecular weight excluding hydrogens is 402 g/mol. The Labute approximate surface area is 182 Å². The summed E-state index contributed by atoms with van der Waals surface area (Å²) in [6.45, 7) is 5.60. The molecule has 3 nitrogen and oxygen atoms in total. The van der Waals surface area contributed by atoms with E-state index in [0.717, 1.165) is 11.1 Å². The maximum Gasteiger partial charge on any atom is 0.161 e. The summed E-state index contributed by atoms with van der Waals surface area (Å²) in [4.78, 5) is 0.671. The zero-order valence-electron chi connectivity index (χ0n) is 16.6. The lowest BCUT2D eigenvalue weighted by molar-refractivity contribution is 0.269. The van der Waals surface area contributed by atoms with Crippen LogP contribution >= 0.6 is 23.8 Å². The van der Waals surface area contributed by atoms with Gasteiger partial charge in [-0.3, -0.25) is 0 Å². The van der Waals surface area contributed by atoms with Crippen molar-refractivity contribution in [2.24, 2.45) is 0 Å². The van der Waals surface area contributed by atoms with Gasteiger partial charge in [0.25, 0.3) is 0 Å². The molecule has 0 fully saturated rings. The molecule has 0 amide bonds. The Morgan fingerprint density at radius 2 is 1.72 bits per heavy atom. The first-order chi connectivity index (χ1) is 14.1. The fraction of sp³-hybridized carbons (Fsp3) is 0.208. The van der Waals surface area contributed by atoms with Gasteiger partial charge in [0.15, 0.2) is 11.5 Å². The average Bonchev–Trinajstić information content (AvgIpc) is 2.73. The highest BCUT2D eigenvalue weighted by Gasteiger charge is 2.11. The quantitative estimate of drug-likeness (QED) is 0.442. The van der Waals surface area contributed by atoms with E-state index in [1.54, 1.807) is 0 Å². The molecule has 0 unspecified atom stereocenters. The third kappa shape index (κ3) is 5.96. The fourth-order valence-electron chi connectivity index (χ4n) is 2.80. The Morgan fingerprint density at radius 3 is 2.45 bits per heavy atom. The van der Waals surface area contributed by atoms with Gasteiger partial charge >= 0.3 is 0 Å². The van der Waals surface area contributed by atoms with Crippen molar-refractivity contribution < 1.29 is 9.47 Å². The number of aryl methyl sites for hydroxylation is 1. The van der Waals surface area contributed by atoms with E-state index < -0.39 is 0 Å². The molecule has 3 rings (SSSR count). The van der Waals surface area contributed by atoms with Gasteiger partial charge in [0.1, 0.15) is 11.6 Å². The van der Waals surface area contributed by atoms with E-state index in [1.165, 1.54) is 11.1 Å². The van der Waals surface area contributed by atoms with Gasteiger partial charge in [-0.2, -0.15) is 0 Å². The summed E-state index contributed by atoms with van der Waals surface area (Å²) in [5.41, 5.74) is 4.24. The molecule has 3 aromatic rings. The Balaban J connectivity index is 1.68. The molecule has 0 radical (unpaired) electrons. The maximum absolute atomic E-state index is 6.22. The van der Waals surface area contributed by atoms with Crippen molar-refractivity contribution in [3.8, 4) is 11.5 Å². The van der Waals surface area contributed by atoms with Gasteiger partial charge < -0.3 is 14.8 Å². The van der Waals surface area contributed by atoms with Crippen LogP contribution in [0.15, 0.2) is 66.7 Å². The predicted molar refractivity (Wildman–Crippen MR) is 123 cm³/mol. The number of hydrogen-bond acceptors (Lipinski definition) is 3. The maximum atomic E-state index is 6.22. The average molecular weight is 426 g/mol. The summed E-state index contributed by atoms with van der Waals surface area (Å²) in [5.74, 6) is 1.33. The molecule has 150 valence electrons. The second-order valence-corrected chi connectivity index (χ2v) is 7.46. The van der Waals surface area contributed by atoms with Crippen LogP contribution in [0.2, 0.25) is 5.02 Å². The zero-order valence-corrected chi connectivity index (χ0v) is 18.1. The molecule has 0 atom stereocenters. The predicted octanol–water partition coefficient (Wildman–Crippen LogP) is 6.09. The van der Waals surface area contributed by atoms with Crippen LogP contribution in [0.5, 0.6) is 11.5 Å². The third-order valence-corrected chi connectivity index (χ3v) is 5.17. The van der Waals surface area contributed by atoms with Crippen molar-refractivity contribution in [2.75, 3.05) is 6.61 Å². The first-order valence-corrected chi connectivity index (χ1v) is 10.3. The number of benzene rings is 3. The number of ether oxygens (including phenoxy) is 2. The van der Waals surface area contributed by atoms with E-state index in [-0.39, 0.29) is 0 Å². The lowest BCUT2D eigenvalue weighted by atomic mass is 10.1. The second kappa shape index (κ2) is 10.3. The van der Waals surface area contributed by atoms with Crippen LogP contribution in [0.4, 0.5) is 0 Å². The molecule has 3 aromatic carbocycles. The lowest BCUT2D eigenvalue weighted by Crippen LogP contribution is -2.21. The van der Waals surface area contributed by atoms with Crippen LogP contribution < -0.4 is 14.8 Å². The Morgan fingerprint density at radius 1 is 0.966 bits per heavy atom. The normalized spacial score (nSPS) is 10.4. The van der Waals surface area contributed by atoms with Crippen LogP contribution in [0.1, 0.15) is 29.2 Å². The van der Waals surface area contributed by atoms with Gasteiger partial charge in [-0.15, -0.1) is 0 Å². The standard InChI is InChI=1S/C24H24ClNO2S/c1-3-27-23-14-19(24(29)26-15-18-10-8-17(2)9-11-18)12-13-22(23)28-16-20-6-4-5-7-21(20)25/h4-14H,3,15-16H2,1-2H3,(H,26,29). The first kappa shape index (κ1) is 21.2. The van der Waals surface area contributed by atoms with E-state index >= 15 is 0 Å². The largest absolute Gasteiger partial charge is 0.490 e. The van der Waals surface area contributed by atoms with E-state index in [1.807, 2.05) is 49.4 Å². The molecule has 0 aromatic heterocycles. The molecule has 0 aliphatic rings. The molecule has 0 heterocycles. The second-order valence-electron chi connectivity index (χ2n) is 6.64. The summed E-state index contributed by atoms with van der Waals surface area (Å²) in [5, 5.41) is 3.99. The van der Waals surface area contributed by atoms with E-state index in [2.05, 4.69) is 36.5 Å². The van der Waals surface area contributed by atoms with Gasteiger partial charge in [0.05, 0.1) is 6.61 Å². The van der Waals surface area contributed by atoms with Crippen molar-refractivity contribution in [3.05, 3.63) is 94.0 Å². The van der Waals surface area contributed by atoms with Crippen LogP contribution in [0.3, 0.4) is 0 Å². The number of rotatable bonds is 8. The molecule has 1 N–H and O–H groups in total. The Kier molecular flexibility index (Phi) is 7.50. The minimum absolute atomic E-state index is 0.370. The van der Waals surface area contributed by atoms with Gasteiger partial charge in [0, 0.05) is 22.7 Å². The Hall–Kier alpha value is -2.56. The van der Waals surface area contributed by atoms with Crippen LogP contribution in [-0.2, 0) is 13.2 Å². The summed E-state index contributed by atoms with van der Waals surface area (Å²) >= 11 is 11.8. The SMILES string of the molecule is CCOc1cc(C(=S)NCc2ccc(C)cc2)ccc1OCc1ccccc1Cl. The van der Waals surface area contributed by atoms with Crippen LogP contribution in [-0.4, -0.2) is 11.6 Å².